The number of likely N-dealkylation sites (N-methyl/N-ethyl adjacent to an activating group) is 1. The molecule has 0 radical (unpaired) electrons. The maximum Gasteiger partial charge on any atom is 0.138 e. The second-order valence-corrected chi connectivity index (χ2v) is 4.42. The minimum absolute atomic E-state index is 0.0361. The fourth-order valence-electron chi connectivity index (χ4n) is 2.47. The van der Waals surface area contributed by atoms with Gasteiger partial charge in [-0.15, -0.1) is 0 Å². The number of rotatable bonds is 4. The van der Waals surface area contributed by atoms with Gasteiger partial charge in [-0.25, -0.2) is 0 Å². The number of aliphatic hydroxyl groups excluding tert-OH is 1. The van der Waals surface area contributed by atoms with Crippen LogP contribution in [0.5, 0.6) is 0 Å². The van der Waals surface area contributed by atoms with Crippen molar-refractivity contribution in [2.24, 2.45) is 0 Å². The molecule has 0 aromatic carbocycles. The van der Waals surface area contributed by atoms with E-state index in [0.29, 0.717) is 11.7 Å². The van der Waals surface area contributed by atoms with E-state index in [9.17, 15) is 0 Å². The van der Waals surface area contributed by atoms with Crippen molar-refractivity contribution >= 4 is 0 Å². The van der Waals surface area contributed by atoms with Gasteiger partial charge in [-0.05, 0) is 25.9 Å². The van der Waals surface area contributed by atoms with Crippen molar-refractivity contribution in [2.75, 3.05) is 13.1 Å². The highest BCUT2D eigenvalue weighted by Crippen LogP contribution is 2.20. The van der Waals surface area contributed by atoms with E-state index in [0.717, 1.165) is 18.7 Å². The van der Waals surface area contributed by atoms with Crippen LogP contribution in [0.3, 0.4) is 0 Å². The van der Waals surface area contributed by atoms with E-state index in [1.165, 1.54) is 25.8 Å². The van der Waals surface area contributed by atoms with Gasteiger partial charge >= 0.3 is 0 Å². The Hall–Kier alpha value is -0.870. The molecular weight excluding hydrogens is 204 g/mol. The molecule has 1 aliphatic heterocycles. The van der Waals surface area contributed by atoms with Crippen molar-refractivity contribution < 1.29 is 9.63 Å². The molecule has 1 aromatic rings. The molecule has 2 heterocycles. The third kappa shape index (κ3) is 2.62. The lowest BCUT2D eigenvalue weighted by molar-refractivity contribution is 0.148. The highest BCUT2D eigenvalue weighted by Gasteiger charge is 2.22. The van der Waals surface area contributed by atoms with Crippen molar-refractivity contribution in [2.45, 2.75) is 45.3 Å². The zero-order valence-electron chi connectivity index (χ0n) is 9.85. The van der Waals surface area contributed by atoms with E-state index in [-0.39, 0.29) is 6.61 Å². The quantitative estimate of drug-likeness (QED) is 0.843. The molecule has 2 rings (SSSR count). The summed E-state index contributed by atoms with van der Waals surface area (Å²) in [5.41, 5.74) is 0.633. The van der Waals surface area contributed by atoms with Gasteiger partial charge in [0.05, 0.1) is 6.61 Å². The van der Waals surface area contributed by atoms with Gasteiger partial charge in [0.15, 0.2) is 0 Å². The molecule has 0 amide bonds. The Morgan fingerprint density at radius 3 is 3.12 bits per heavy atom. The van der Waals surface area contributed by atoms with Gasteiger partial charge in [0.25, 0.3) is 0 Å². The first-order valence-corrected chi connectivity index (χ1v) is 6.13. The first-order chi connectivity index (χ1) is 7.83. The topological polar surface area (TPSA) is 49.5 Å². The second kappa shape index (κ2) is 5.46. The SMILES string of the molecule is CCN1CCCCC1Cc1cc(CO)no1. The maximum absolute atomic E-state index is 8.92. The number of nitrogens with zero attached hydrogens (tertiary/aromatic N) is 2. The van der Waals surface area contributed by atoms with E-state index in [1.807, 2.05) is 6.07 Å². The van der Waals surface area contributed by atoms with Gasteiger partial charge in [0.1, 0.15) is 11.5 Å². The van der Waals surface area contributed by atoms with Crippen LogP contribution in [0.4, 0.5) is 0 Å². The second-order valence-electron chi connectivity index (χ2n) is 4.42. The molecule has 0 spiro atoms. The summed E-state index contributed by atoms with van der Waals surface area (Å²) in [7, 11) is 0. The minimum atomic E-state index is -0.0361. The van der Waals surface area contributed by atoms with Crippen LogP contribution < -0.4 is 0 Å². The molecule has 0 bridgehead atoms. The number of likely N-dealkylation sites (tertiary alicyclic amines) is 1. The molecule has 0 aliphatic carbocycles. The normalized spacial score (nSPS) is 22.5. The molecule has 0 saturated carbocycles. The molecule has 4 nitrogen and oxygen atoms in total. The summed E-state index contributed by atoms with van der Waals surface area (Å²) >= 11 is 0. The van der Waals surface area contributed by atoms with Crippen LogP contribution in [0.15, 0.2) is 10.6 Å². The average molecular weight is 224 g/mol. The van der Waals surface area contributed by atoms with Crippen LogP contribution >= 0.6 is 0 Å². The van der Waals surface area contributed by atoms with Gasteiger partial charge < -0.3 is 14.5 Å². The fourth-order valence-corrected chi connectivity index (χ4v) is 2.47. The highest BCUT2D eigenvalue weighted by atomic mass is 16.5. The number of hydrogen-bond acceptors (Lipinski definition) is 4. The van der Waals surface area contributed by atoms with E-state index < -0.39 is 0 Å². The molecule has 1 N–H and O–H groups in total. The van der Waals surface area contributed by atoms with E-state index in [2.05, 4.69) is 17.0 Å². The maximum atomic E-state index is 8.92. The Balaban J connectivity index is 1.96. The molecule has 1 aromatic heterocycles. The van der Waals surface area contributed by atoms with Gasteiger partial charge in [-0.1, -0.05) is 18.5 Å². The van der Waals surface area contributed by atoms with Crippen molar-refractivity contribution in [1.29, 1.82) is 0 Å². The lowest BCUT2D eigenvalue weighted by Gasteiger charge is -2.34. The predicted molar refractivity (Wildman–Crippen MR) is 61.0 cm³/mol. The Bertz CT molecular complexity index is 325. The lowest BCUT2D eigenvalue weighted by Crippen LogP contribution is -2.40. The van der Waals surface area contributed by atoms with Gasteiger partial charge in [-0.3, -0.25) is 0 Å². The van der Waals surface area contributed by atoms with E-state index in [1.54, 1.807) is 0 Å². The predicted octanol–water partition coefficient (Wildman–Crippen LogP) is 1.58. The zero-order valence-corrected chi connectivity index (χ0v) is 9.85. The molecule has 90 valence electrons. The van der Waals surface area contributed by atoms with Crippen molar-refractivity contribution in [3.05, 3.63) is 17.5 Å². The van der Waals surface area contributed by atoms with Crippen LogP contribution in [-0.2, 0) is 13.0 Å². The molecule has 1 aliphatic rings. The van der Waals surface area contributed by atoms with E-state index >= 15 is 0 Å². The summed E-state index contributed by atoms with van der Waals surface area (Å²) in [4.78, 5) is 2.50. The Kier molecular flexibility index (Phi) is 3.96. The summed E-state index contributed by atoms with van der Waals surface area (Å²) in [5.74, 6) is 0.898. The zero-order chi connectivity index (χ0) is 11.4. The number of aromatic nitrogens is 1. The van der Waals surface area contributed by atoms with Gasteiger partial charge in [-0.2, -0.15) is 0 Å². The van der Waals surface area contributed by atoms with Crippen molar-refractivity contribution in [3.8, 4) is 0 Å². The number of hydrogen-bond donors (Lipinski definition) is 1. The van der Waals surface area contributed by atoms with Crippen LogP contribution in [0, 0.1) is 0 Å². The lowest BCUT2D eigenvalue weighted by atomic mass is 9.98. The third-order valence-electron chi connectivity index (χ3n) is 3.36. The molecule has 1 unspecified atom stereocenters. The highest BCUT2D eigenvalue weighted by molar-refractivity contribution is 5.06. The molecule has 16 heavy (non-hydrogen) atoms. The smallest absolute Gasteiger partial charge is 0.138 e. The first kappa shape index (κ1) is 11.6. The van der Waals surface area contributed by atoms with Crippen LogP contribution in [0.1, 0.15) is 37.6 Å². The molecule has 4 heteroatoms. The molecular formula is C12H20N2O2. The third-order valence-corrected chi connectivity index (χ3v) is 3.36. The van der Waals surface area contributed by atoms with Crippen molar-refractivity contribution in [3.63, 3.8) is 0 Å². The van der Waals surface area contributed by atoms with Crippen molar-refractivity contribution in [1.82, 2.24) is 10.1 Å². The largest absolute Gasteiger partial charge is 0.390 e. The van der Waals surface area contributed by atoms with E-state index in [4.69, 9.17) is 9.63 Å². The Labute approximate surface area is 96.2 Å². The summed E-state index contributed by atoms with van der Waals surface area (Å²) < 4.78 is 5.21. The molecule has 1 atom stereocenters. The minimum Gasteiger partial charge on any atom is -0.390 e. The summed E-state index contributed by atoms with van der Waals surface area (Å²) in [6.07, 6.45) is 4.77. The number of aliphatic hydroxyl groups is 1. The standard InChI is InChI=1S/C12H20N2O2/c1-2-14-6-4-3-5-11(14)8-12-7-10(9-15)13-16-12/h7,11,15H,2-6,8-9H2,1H3. The average Bonchev–Trinajstić information content (AvgIpc) is 2.77. The van der Waals surface area contributed by atoms with Crippen LogP contribution in [0.2, 0.25) is 0 Å². The molecule has 1 fully saturated rings. The van der Waals surface area contributed by atoms with Crippen LogP contribution in [-0.4, -0.2) is 34.3 Å². The summed E-state index contributed by atoms with van der Waals surface area (Å²) in [6, 6.07) is 2.45. The Morgan fingerprint density at radius 2 is 2.44 bits per heavy atom. The monoisotopic (exact) mass is 224 g/mol. The Morgan fingerprint density at radius 1 is 1.56 bits per heavy atom. The summed E-state index contributed by atoms with van der Waals surface area (Å²) in [5, 5.41) is 12.7. The van der Waals surface area contributed by atoms with Crippen LogP contribution in [0.25, 0.3) is 0 Å². The molecule has 1 saturated heterocycles. The number of piperidine rings is 1. The van der Waals surface area contributed by atoms with Gasteiger partial charge in [0, 0.05) is 18.5 Å². The van der Waals surface area contributed by atoms with Gasteiger partial charge in [0.2, 0.25) is 0 Å². The fraction of sp³-hybridized carbons (Fsp3) is 0.750. The summed E-state index contributed by atoms with van der Waals surface area (Å²) in [6.45, 7) is 4.47. The first-order valence-electron chi connectivity index (χ1n) is 6.13.